The predicted octanol–water partition coefficient (Wildman–Crippen LogP) is 4.11. The molecule has 0 unspecified atom stereocenters. The first-order chi connectivity index (χ1) is 12.5. The molecule has 0 atom stereocenters. The van der Waals surface area contributed by atoms with Crippen LogP contribution in [0.3, 0.4) is 0 Å². The SMILES string of the molecule is COc1cc(NC(=O)CCNc2ccc(Cl)cc2C)cc(OC)c1OC. The number of methoxy groups -OCH3 is 3. The molecule has 0 saturated carbocycles. The standard InChI is InChI=1S/C19H23ClN2O4/c1-12-9-13(20)5-6-15(12)21-8-7-18(23)22-14-10-16(24-2)19(26-4)17(11-14)25-3/h5-6,9-11,21H,7-8H2,1-4H3,(H,22,23). The van der Waals surface area contributed by atoms with E-state index in [1.54, 1.807) is 12.1 Å². The number of benzene rings is 2. The Morgan fingerprint density at radius 3 is 2.23 bits per heavy atom. The Bertz CT molecular complexity index is 755. The van der Waals surface area contributed by atoms with Gasteiger partial charge in [0.2, 0.25) is 11.7 Å². The largest absolute Gasteiger partial charge is 0.493 e. The molecule has 0 aromatic heterocycles. The van der Waals surface area contributed by atoms with Crippen LogP contribution in [0.1, 0.15) is 12.0 Å². The number of amides is 1. The van der Waals surface area contributed by atoms with Gasteiger partial charge in [-0.1, -0.05) is 11.6 Å². The molecule has 0 fully saturated rings. The van der Waals surface area contributed by atoms with E-state index in [0.717, 1.165) is 11.3 Å². The van der Waals surface area contributed by atoms with Crippen molar-refractivity contribution >= 4 is 28.9 Å². The highest BCUT2D eigenvalue weighted by molar-refractivity contribution is 6.30. The van der Waals surface area contributed by atoms with Gasteiger partial charge >= 0.3 is 0 Å². The molecule has 7 heteroatoms. The number of hydrogen-bond acceptors (Lipinski definition) is 5. The van der Waals surface area contributed by atoms with Gasteiger partial charge in [-0.05, 0) is 30.7 Å². The lowest BCUT2D eigenvalue weighted by molar-refractivity contribution is -0.115. The number of carbonyl (C=O) groups excluding carboxylic acids is 1. The van der Waals surface area contributed by atoms with Gasteiger partial charge < -0.3 is 24.8 Å². The normalized spacial score (nSPS) is 10.2. The third-order valence-corrected chi connectivity index (χ3v) is 4.04. The summed E-state index contributed by atoms with van der Waals surface area (Å²) in [5, 5.41) is 6.76. The fourth-order valence-corrected chi connectivity index (χ4v) is 2.74. The van der Waals surface area contributed by atoms with E-state index in [0.29, 0.717) is 40.9 Å². The first-order valence-electron chi connectivity index (χ1n) is 8.08. The van der Waals surface area contributed by atoms with Crippen molar-refractivity contribution in [3.63, 3.8) is 0 Å². The number of rotatable bonds is 8. The summed E-state index contributed by atoms with van der Waals surface area (Å²) in [7, 11) is 4.59. The van der Waals surface area contributed by atoms with E-state index >= 15 is 0 Å². The molecule has 0 aliphatic heterocycles. The van der Waals surface area contributed by atoms with Gasteiger partial charge in [0.25, 0.3) is 0 Å². The third kappa shape index (κ3) is 4.95. The van der Waals surface area contributed by atoms with Gasteiger partial charge in [0.15, 0.2) is 11.5 Å². The first kappa shape index (κ1) is 19.7. The summed E-state index contributed by atoms with van der Waals surface area (Å²) in [5.41, 5.74) is 2.56. The van der Waals surface area contributed by atoms with E-state index in [2.05, 4.69) is 10.6 Å². The van der Waals surface area contributed by atoms with E-state index in [9.17, 15) is 4.79 Å². The molecule has 0 aliphatic carbocycles. The molecule has 2 aromatic carbocycles. The minimum absolute atomic E-state index is 0.126. The van der Waals surface area contributed by atoms with E-state index in [1.165, 1.54) is 21.3 Å². The summed E-state index contributed by atoms with van der Waals surface area (Å²) in [6, 6.07) is 8.97. The zero-order valence-electron chi connectivity index (χ0n) is 15.3. The highest BCUT2D eigenvalue weighted by Crippen LogP contribution is 2.39. The lowest BCUT2D eigenvalue weighted by atomic mass is 10.2. The Morgan fingerprint density at radius 1 is 1.04 bits per heavy atom. The predicted molar refractivity (Wildman–Crippen MR) is 104 cm³/mol. The number of halogens is 1. The zero-order valence-corrected chi connectivity index (χ0v) is 16.1. The fourth-order valence-electron chi connectivity index (χ4n) is 2.51. The second-order valence-electron chi connectivity index (χ2n) is 5.60. The van der Waals surface area contributed by atoms with Crippen molar-refractivity contribution in [2.75, 3.05) is 38.5 Å². The van der Waals surface area contributed by atoms with Crippen LogP contribution in [0.15, 0.2) is 30.3 Å². The Balaban J connectivity index is 1.97. The van der Waals surface area contributed by atoms with E-state index < -0.39 is 0 Å². The maximum absolute atomic E-state index is 12.2. The topological polar surface area (TPSA) is 68.8 Å². The van der Waals surface area contributed by atoms with Crippen molar-refractivity contribution in [1.29, 1.82) is 0 Å². The molecule has 6 nitrogen and oxygen atoms in total. The van der Waals surface area contributed by atoms with Gasteiger partial charge in [0, 0.05) is 41.5 Å². The molecule has 0 aliphatic rings. The highest BCUT2D eigenvalue weighted by Gasteiger charge is 2.14. The summed E-state index contributed by atoms with van der Waals surface area (Å²) in [5.74, 6) is 1.32. The Morgan fingerprint density at radius 2 is 1.69 bits per heavy atom. The number of carbonyl (C=O) groups is 1. The molecule has 0 heterocycles. The second kappa shape index (κ2) is 9.20. The van der Waals surface area contributed by atoms with Gasteiger partial charge in [-0.15, -0.1) is 0 Å². The van der Waals surface area contributed by atoms with Gasteiger partial charge in [0.05, 0.1) is 21.3 Å². The maximum Gasteiger partial charge on any atom is 0.226 e. The average molecular weight is 379 g/mol. The molecule has 26 heavy (non-hydrogen) atoms. The second-order valence-corrected chi connectivity index (χ2v) is 6.03. The molecular formula is C19H23ClN2O4. The monoisotopic (exact) mass is 378 g/mol. The van der Waals surface area contributed by atoms with Crippen molar-refractivity contribution in [1.82, 2.24) is 0 Å². The van der Waals surface area contributed by atoms with Crippen molar-refractivity contribution in [3.05, 3.63) is 40.9 Å². The fraction of sp³-hybridized carbons (Fsp3) is 0.316. The third-order valence-electron chi connectivity index (χ3n) is 3.80. The van der Waals surface area contributed by atoms with E-state index in [1.807, 2.05) is 25.1 Å². The minimum Gasteiger partial charge on any atom is -0.493 e. The first-order valence-corrected chi connectivity index (χ1v) is 8.46. The molecular weight excluding hydrogens is 356 g/mol. The molecule has 2 N–H and O–H groups in total. The maximum atomic E-state index is 12.2. The van der Waals surface area contributed by atoms with Crippen LogP contribution in [0.2, 0.25) is 5.02 Å². The Kier molecular flexibility index (Phi) is 6.97. The van der Waals surface area contributed by atoms with Crippen LogP contribution in [0, 0.1) is 6.92 Å². The van der Waals surface area contributed by atoms with Crippen LogP contribution in [0.4, 0.5) is 11.4 Å². The number of aryl methyl sites for hydroxylation is 1. The average Bonchev–Trinajstić information content (AvgIpc) is 2.62. The smallest absolute Gasteiger partial charge is 0.226 e. The highest BCUT2D eigenvalue weighted by atomic mass is 35.5. The number of nitrogens with one attached hydrogen (secondary N) is 2. The zero-order chi connectivity index (χ0) is 19.1. The van der Waals surface area contributed by atoms with Crippen molar-refractivity contribution in [2.45, 2.75) is 13.3 Å². The summed E-state index contributed by atoms with van der Waals surface area (Å²) >= 11 is 5.94. The van der Waals surface area contributed by atoms with Gasteiger partial charge in [-0.2, -0.15) is 0 Å². The molecule has 0 saturated heterocycles. The summed E-state index contributed by atoms with van der Waals surface area (Å²) in [4.78, 5) is 12.2. The minimum atomic E-state index is -0.126. The molecule has 1 amide bonds. The number of hydrogen-bond donors (Lipinski definition) is 2. The molecule has 0 bridgehead atoms. The van der Waals surface area contributed by atoms with Gasteiger partial charge in [-0.3, -0.25) is 4.79 Å². The van der Waals surface area contributed by atoms with E-state index in [4.69, 9.17) is 25.8 Å². The Labute approximate surface area is 158 Å². The summed E-state index contributed by atoms with van der Waals surface area (Å²) < 4.78 is 15.8. The molecule has 2 rings (SSSR count). The van der Waals surface area contributed by atoms with Crippen LogP contribution in [-0.4, -0.2) is 33.8 Å². The number of anilines is 2. The van der Waals surface area contributed by atoms with Crippen LogP contribution < -0.4 is 24.8 Å². The lowest BCUT2D eigenvalue weighted by Crippen LogP contribution is -2.16. The van der Waals surface area contributed by atoms with Crippen molar-refractivity contribution in [2.24, 2.45) is 0 Å². The molecule has 140 valence electrons. The van der Waals surface area contributed by atoms with Crippen molar-refractivity contribution < 1.29 is 19.0 Å². The van der Waals surface area contributed by atoms with E-state index in [-0.39, 0.29) is 5.91 Å². The van der Waals surface area contributed by atoms with Crippen LogP contribution >= 0.6 is 11.6 Å². The van der Waals surface area contributed by atoms with Crippen molar-refractivity contribution in [3.8, 4) is 17.2 Å². The molecule has 2 aromatic rings. The van der Waals surface area contributed by atoms with Gasteiger partial charge in [0.1, 0.15) is 0 Å². The van der Waals surface area contributed by atoms with Crippen LogP contribution in [0.25, 0.3) is 0 Å². The van der Waals surface area contributed by atoms with Gasteiger partial charge in [-0.25, -0.2) is 0 Å². The quantitative estimate of drug-likeness (QED) is 0.723. The molecule has 0 spiro atoms. The van der Waals surface area contributed by atoms with Crippen LogP contribution in [-0.2, 0) is 4.79 Å². The van der Waals surface area contributed by atoms with Crippen LogP contribution in [0.5, 0.6) is 17.2 Å². The summed E-state index contributed by atoms with van der Waals surface area (Å²) in [6.45, 7) is 2.46. The molecule has 0 radical (unpaired) electrons. The lowest BCUT2D eigenvalue weighted by Gasteiger charge is -2.15. The number of ether oxygens (including phenoxy) is 3. The summed E-state index contributed by atoms with van der Waals surface area (Å²) in [6.07, 6.45) is 0.304. The Hall–Kier alpha value is -2.60.